The van der Waals surface area contributed by atoms with Gasteiger partial charge in [0.2, 0.25) is 11.9 Å². The fraction of sp³-hybridized carbons (Fsp3) is 0.182. The number of nitrogens with zero attached hydrogens (tertiary/aromatic N) is 3. The van der Waals surface area contributed by atoms with Crippen molar-refractivity contribution in [2.24, 2.45) is 4.99 Å². The van der Waals surface area contributed by atoms with E-state index in [1.54, 1.807) is 12.1 Å². The highest BCUT2D eigenvalue weighted by Crippen LogP contribution is 2.13. The molecule has 6 nitrogen and oxygen atoms in total. The van der Waals surface area contributed by atoms with E-state index in [-0.39, 0.29) is 5.82 Å². The first-order valence-electron chi connectivity index (χ1n) is 9.41. The molecule has 0 radical (unpaired) electrons. The summed E-state index contributed by atoms with van der Waals surface area (Å²) in [6.45, 7) is 6.11. The molecule has 0 aliphatic carbocycles. The lowest BCUT2D eigenvalue weighted by molar-refractivity contribution is 0.627. The molecule has 1 heterocycles. The highest BCUT2D eigenvalue weighted by molar-refractivity contribution is 7.80. The molecule has 0 saturated carbocycles. The number of aliphatic imine (C=N–C) groups is 1. The van der Waals surface area contributed by atoms with Gasteiger partial charge in [-0.2, -0.15) is 0 Å². The van der Waals surface area contributed by atoms with Gasteiger partial charge in [-0.15, -0.1) is 0 Å². The highest BCUT2D eigenvalue weighted by atomic mass is 32.1. The summed E-state index contributed by atoms with van der Waals surface area (Å²) < 4.78 is 13.2. The van der Waals surface area contributed by atoms with E-state index in [0.717, 1.165) is 28.2 Å². The number of benzene rings is 2. The van der Waals surface area contributed by atoms with E-state index in [4.69, 9.17) is 12.2 Å². The number of para-hydroxylation sites is 1. The van der Waals surface area contributed by atoms with E-state index in [2.05, 4.69) is 30.9 Å². The lowest BCUT2D eigenvalue weighted by Gasteiger charge is -2.15. The standard InChI is InChI=1S/C22H23FN6S/c1-14-6-4-5-7-19(14)27-22(30)29-20(24-13-17-8-10-18(23)11-9-17)28-21-25-15(2)12-16(3)26-21/h4-12H,13H2,1-3H3,(H3,24,25,26,27,28,29,30). The summed E-state index contributed by atoms with van der Waals surface area (Å²) in [5.41, 5.74) is 4.50. The smallest absolute Gasteiger partial charge is 0.229 e. The van der Waals surface area contributed by atoms with E-state index in [1.807, 2.05) is 51.1 Å². The molecule has 0 aliphatic rings. The van der Waals surface area contributed by atoms with Crippen LogP contribution in [0.15, 0.2) is 59.6 Å². The molecule has 8 heteroatoms. The molecule has 154 valence electrons. The number of hydrogen-bond donors (Lipinski definition) is 3. The molecule has 3 N–H and O–H groups in total. The summed E-state index contributed by atoms with van der Waals surface area (Å²) in [5.74, 6) is 0.512. The van der Waals surface area contributed by atoms with E-state index in [0.29, 0.717) is 23.6 Å². The Hall–Kier alpha value is -3.39. The van der Waals surface area contributed by atoms with Crippen molar-refractivity contribution in [3.05, 3.63) is 82.9 Å². The van der Waals surface area contributed by atoms with Crippen molar-refractivity contribution < 1.29 is 4.39 Å². The Morgan fingerprint density at radius 1 is 0.967 bits per heavy atom. The van der Waals surface area contributed by atoms with Crippen LogP contribution in [0.25, 0.3) is 0 Å². The first-order valence-corrected chi connectivity index (χ1v) is 9.82. The van der Waals surface area contributed by atoms with Crippen LogP contribution in [-0.4, -0.2) is 21.0 Å². The zero-order valence-corrected chi connectivity index (χ0v) is 17.8. The first-order chi connectivity index (χ1) is 14.4. The zero-order chi connectivity index (χ0) is 21.5. The van der Waals surface area contributed by atoms with Crippen LogP contribution in [0.1, 0.15) is 22.5 Å². The molecule has 0 amide bonds. The monoisotopic (exact) mass is 422 g/mol. The average Bonchev–Trinajstić information content (AvgIpc) is 2.68. The number of rotatable bonds is 4. The van der Waals surface area contributed by atoms with Crippen molar-refractivity contribution in [1.82, 2.24) is 15.3 Å². The first kappa shape index (κ1) is 21.3. The molecule has 30 heavy (non-hydrogen) atoms. The minimum Gasteiger partial charge on any atom is -0.332 e. The van der Waals surface area contributed by atoms with Gasteiger partial charge >= 0.3 is 0 Å². The fourth-order valence-corrected chi connectivity index (χ4v) is 2.94. The minimum absolute atomic E-state index is 0.286. The van der Waals surface area contributed by atoms with Crippen LogP contribution in [0.3, 0.4) is 0 Å². The third-order valence-corrected chi connectivity index (χ3v) is 4.37. The Kier molecular flexibility index (Phi) is 7.03. The largest absolute Gasteiger partial charge is 0.332 e. The molecule has 0 aliphatic heterocycles. The molecule has 0 saturated heterocycles. The molecule has 1 aromatic heterocycles. The Morgan fingerprint density at radius 2 is 1.63 bits per heavy atom. The van der Waals surface area contributed by atoms with Gasteiger partial charge in [-0.3, -0.25) is 5.32 Å². The van der Waals surface area contributed by atoms with E-state index in [1.165, 1.54) is 12.1 Å². The van der Waals surface area contributed by atoms with Crippen molar-refractivity contribution in [3.63, 3.8) is 0 Å². The number of anilines is 2. The Balaban J connectivity index is 1.78. The van der Waals surface area contributed by atoms with E-state index >= 15 is 0 Å². The van der Waals surface area contributed by atoms with Gasteiger partial charge in [0.15, 0.2) is 5.11 Å². The van der Waals surface area contributed by atoms with Gasteiger partial charge in [-0.25, -0.2) is 19.4 Å². The summed E-state index contributed by atoms with van der Waals surface area (Å²) in [6.07, 6.45) is 0. The second-order valence-electron chi connectivity index (χ2n) is 6.78. The molecule has 0 spiro atoms. The van der Waals surface area contributed by atoms with Crippen LogP contribution in [0.5, 0.6) is 0 Å². The molecule has 0 unspecified atom stereocenters. The van der Waals surface area contributed by atoms with Crippen molar-refractivity contribution in [2.75, 3.05) is 10.6 Å². The van der Waals surface area contributed by atoms with Gasteiger partial charge in [0.1, 0.15) is 5.82 Å². The van der Waals surface area contributed by atoms with Crippen LogP contribution in [-0.2, 0) is 6.54 Å². The number of halogens is 1. The van der Waals surface area contributed by atoms with Gasteiger partial charge in [0.25, 0.3) is 0 Å². The lowest BCUT2D eigenvalue weighted by atomic mass is 10.2. The number of hydrogen-bond acceptors (Lipinski definition) is 4. The predicted molar refractivity (Wildman–Crippen MR) is 123 cm³/mol. The van der Waals surface area contributed by atoms with Gasteiger partial charge in [0, 0.05) is 17.1 Å². The van der Waals surface area contributed by atoms with Crippen molar-refractivity contribution >= 4 is 34.9 Å². The maximum atomic E-state index is 13.2. The summed E-state index contributed by atoms with van der Waals surface area (Å²) in [7, 11) is 0. The summed E-state index contributed by atoms with van der Waals surface area (Å²) >= 11 is 5.45. The second-order valence-corrected chi connectivity index (χ2v) is 7.19. The van der Waals surface area contributed by atoms with Crippen LogP contribution in [0.2, 0.25) is 0 Å². The average molecular weight is 423 g/mol. The third-order valence-electron chi connectivity index (χ3n) is 4.17. The summed E-state index contributed by atoms with van der Waals surface area (Å²) in [4.78, 5) is 13.3. The van der Waals surface area contributed by atoms with Gasteiger partial charge in [-0.1, -0.05) is 30.3 Å². The number of aryl methyl sites for hydroxylation is 3. The van der Waals surface area contributed by atoms with Crippen molar-refractivity contribution in [2.45, 2.75) is 27.3 Å². The SMILES string of the molecule is Cc1cc(C)nc(NC(=NCc2ccc(F)cc2)NC(=S)Nc2ccccc2C)n1. The fourth-order valence-electron chi connectivity index (χ4n) is 2.73. The third kappa shape index (κ3) is 6.31. The molecular weight excluding hydrogens is 399 g/mol. The number of guanidine groups is 1. The maximum absolute atomic E-state index is 13.2. The molecule has 0 fully saturated rings. The maximum Gasteiger partial charge on any atom is 0.229 e. The van der Waals surface area contributed by atoms with Crippen LogP contribution >= 0.6 is 12.2 Å². The van der Waals surface area contributed by atoms with E-state index in [9.17, 15) is 4.39 Å². The normalized spacial score (nSPS) is 11.1. The van der Waals surface area contributed by atoms with Crippen LogP contribution in [0.4, 0.5) is 16.0 Å². The number of thiocarbonyl (C=S) groups is 1. The van der Waals surface area contributed by atoms with Gasteiger partial charge in [-0.05, 0) is 68.4 Å². The van der Waals surface area contributed by atoms with Crippen molar-refractivity contribution in [1.29, 1.82) is 0 Å². The molecule has 3 aromatic rings. The molecular formula is C22H23FN6S. The van der Waals surface area contributed by atoms with Gasteiger partial charge in [0.05, 0.1) is 6.54 Å². The van der Waals surface area contributed by atoms with Gasteiger partial charge < -0.3 is 10.6 Å². The molecule has 0 atom stereocenters. The summed E-state index contributed by atoms with van der Waals surface area (Å²) in [6, 6.07) is 15.9. The predicted octanol–water partition coefficient (Wildman–Crippen LogP) is 4.50. The Bertz CT molecular complexity index is 1050. The van der Waals surface area contributed by atoms with Crippen LogP contribution in [0, 0.1) is 26.6 Å². The van der Waals surface area contributed by atoms with E-state index < -0.39 is 0 Å². The quantitative estimate of drug-likeness (QED) is 0.327. The number of nitrogens with one attached hydrogen (secondary N) is 3. The van der Waals surface area contributed by atoms with Crippen molar-refractivity contribution in [3.8, 4) is 0 Å². The molecule has 3 rings (SSSR count). The topological polar surface area (TPSA) is 74.2 Å². The zero-order valence-electron chi connectivity index (χ0n) is 17.0. The molecule has 2 aromatic carbocycles. The Labute approximate surface area is 180 Å². The number of aromatic nitrogens is 2. The minimum atomic E-state index is -0.286. The molecule has 0 bridgehead atoms. The Morgan fingerprint density at radius 3 is 2.30 bits per heavy atom. The highest BCUT2D eigenvalue weighted by Gasteiger charge is 2.08. The van der Waals surface area contributed by atoms with Crippen LogP contribution < -0.4 is 16.0 Å². The lowest BCUT2D eigenvalue weighted by Crippen LogP contribution is -2.39. The summed E-state index contributed by atoms with van der Waals surface area (Å²) in [5, 5.41) is 9.69. The second kappa shape index (κ2) is 9.89.